The van der Waals surface area contributed by atoms with Crippen LogP contribution in [0.2, 0.25) is 0 Å². The fourth-order valence-corrected chi connectivity index (χ4v) is 1.84. The summed E-state index contributed by atoms with van der Waals surface area (Å²) in [6.07, 6.45) is 1.35. The highest BCUT2D eigenvalue weighted by Crippen LogP contribution is 2.11. The SMILES string of the molecule is CCOC(=O)/C(=C\Nc1ccccc1)C(=O)Nc1ccccc1. The van der Waals surface area contributed by atoms with Gasteiger partial charge in [0.25, 0.3) is 5.91 Å². The molecule has 0 unspecified atom stereocenters. The molecule has 1 amide bonds. The molecule has 0 saturated heterocycles. The molecule has 2 N–H and O–H groups in total. The first kappa shape index (κ1) is 16.3. The van der Waals surface area contributed by atoms with E-state index in [0.29, 0.717) is 5.69 Å². The molecule has 23 heavy (non-hydrogen) atoms. The number of rotatable bonds is 6. The van der Waals surface area contributed by atoms with Crippen LogP contribution in [0.1, 0.15) is 6.92 Å². The highest BCUT2D eigenvalue weighted by Gasteiger charge is 2.19. The summed E-state index contributed by atoms with van der Waals surface area (Å²) >= 11 is 0. The molecule has 0 aliphatic carbocycles. The van der Waals surface area contributed by atoms with E-state index in [9.17, 15) is 9.59 Å². The number of carbonyl (C=O) groups excluding carboxylic acids is 2. The number of carbonyl (C=O) groups is 2. The zero-order valence-electron chi connectivity index (χ0n) is 12.8. The lowest BCUT2D eigenvalue weighted by atomic mass is 10.2. The van der Waals surface area contributed by atoms with Crippen LogP contribution >= 0.6 is 0 Å². The summed E-state index contributed by atoms with van der Waals surface area (Å²) in [5.74, 6) is -1.21. The number of amides is 1. The summed E-state index contributed by atoms with van der Waals surface area (Å²) in [5.41, 5.74) is 1.27. The third-order valence-electron chi connectivity index (χ3n) is 2.93. The molecular formula is C18H18N2O3. The number of para-hydroxylation sites is 2. The van der Waals surface area contributed by atoms with Gasteiger partial charge in [0.2, 0.25) is 0 Å². The smallest absolute Gasteiger partial charge is 0.345 e. The lowest BCUT2D eigenvalue weighted by molar-refractivity contribution is -0.139. The van der Waals surface area contributed by atoms with Crippen LogP contribution < -0.4 is 10.6 Å². The first-order chi connectivity index (χ1) is 11.2. The molecule has 2 aromatic carbocycles. The highest BCUT2D eigenvalue weighted by atomic mass is 16.5. The van der Waals surface area contributed by atoms with E-state index in [2.05, 4.69) is 10.6 Å². The van der Waals surface area contributed by atoms with Crippen LogP contribution in [-0.2, 0) is 14.3 Å². The Kier molecular flexibility index (Phi) is 5.94. The molecule has 5 heteroatoms. The normalized spacial score (nSPS) is 10.7. The van der Waals surface area contributed by atoms with E-state index in [1.165, 1.54) is 6.20 Å². The lowest BCUT2D eigenvalue weighted by Crippen LogP contribution is -2.23. The first-order valence-electron chi connectivity index (χ1n) is 7.26. The minimum Gasteiger partial charge on any atom is -0.462 e. The van der Waals surface area contributed by atoms with Crippen molar-refractivity contribution in [3.8, 4) is 0 Å². The van der Waals surface area contributed by atoms with E-state index < -0.39 is 11.9 Å². The molecule has 2 rings (SSSR count). The fraction of sp³-hybridized carbons (Fsp3) is 0.111. The minimum atomic E-state index is -0.677. The molecule has 0 atom stereocenters. The van der Waals surface area contributed by atoms with Crippen molar-refractivity contribution in [2.75, 3.05) is 17.2 Å². The second-order valence-electron chi connectivity index (χ2n) is 4.61. The van der Waals surface area contributed by atoms with Gasteiger partial charge in [0.05, 0.1) is 6.61 Å². The molecule has 2 aromatic rings. The summed E-state index contributed by atoms with van der Waals surface area (Å²) in [4.78, 5) is 24.3. The maximum absolute atomic E-state index is 12.3. The summed E-state index contributed by atoms with van der Waals surface area (Å²) in [7, 11) is 0. The van der Waals surface area contributed by atoms with E-state index in [1.807, 2.05) is 36.4 Å². The van der Waals surface area contributed by atoms with Crippen molar-refractivity contribution >= 4 is 23.3 Å². The maximum atomic E-state index is 12.3. The van der Waals surface area contributed by atoms with Crippen LogP contribution in [0.3, 0.4) is 0 Å². The second kappa shape index (κ2) is 8.38. The van der Waals surface area contributed by atoms with Gasteiger partial charge in [-0.2, -0.15) is 0 Å². The molecule has 0 spiro atoms. The minimum absolute atomic E-state index is 0.0976. The molecule has 0 aromatic heterocycles. The van der Waals surface area contributed by atoms with Gasteiger partial charge in [-0.3, -0.25) is 4.79 Å². The zero-order chi connectivity index (χ0) is 16.5. The van der Waals surface area contributed by atoms with Crippen molar-refractivity contribution in [2.45, 2.75) is 6.92 Å². The van der Waals surface area contributed by atoms with E-state index in [0.717, 1.165) is 5.69 Å². The van der Waals surface area contributed by atoms with Crippen molar-refractivity contribution in [2.24, 2.45) is 0 Å². The average Bonchev–Trinajstić information content (AvgIpc) is 2.57. The molecule has 0 saturated carbocycles. The van der Waals surface area contributed by atoms with Crippen LogP contribution in [0.15, 0.2) is 72.4 Å². The monoisotopic (exact) mass is 310 g/mol. The van der Waals surface area contributed by atoms with Crippen molar-refractivity contribution in [1.29, 1.82) is 0 Å². The molecule has 0 bridgehead atoms. The fourth-order valence-electron chi connectivity index (χ4n) is 1.84. The maximum Gasteiger partial charge on any atom is 0.345 e. The summed E-state index contributed by atoms with van der Waals surface area (Å²) in [6.45, 7) is 1.88. The Morgan fingerprint density at radius 3 is 2.09 bits per heavy atom. The predicted octanol–water partition coefficient (Wildman–Crippen LogP) is 3.18. The van der Waals surface area contributed by atoms with Crippen molar-refractivity contribution in [1.82, 2.24) is 0 Å². The molecule has 0 fully saturated rings. The Hall–Kier alpha value is -3.08. The van der Waals surface area contributed by atoms with Crippen LogP contribution in [0.5, 0.6) is 0 Å². The molecule has 0 radical (unpaired) electrons. The summed E-state index contributed by atoms with van der Waals surface area (Å²) in [5, 5.41) is 5.60. The van der Waals surface area contributed by atoms with Gasteiger partial charge >= 0.3 is 5.97 Å². The molecule has 0 aliphatic heterocycles. The van der Waals surface area contributed by atoms with Crippen LogP contribution in [0.25, 0.3) is 0 Å². The Labute approximate surface area is 135 Å². The zero-order valence-corrected chi connectivity index (χ0v) is 12.8. The van der Waals surface area contributed by atoms with Gasteiger partial charge in [-0.25, -0.2) is 4.79 Å². The average molecular weight is 310 g/mol. The topological polar surface area (TPSA) is 67.4 Å². The van der Waals surface area contributed by atoms with Crippen molar-refractivity contribution in [3.63, 3.8) is 0 Å². The van der Waals surface area contributed by atoms with Gasteiger partial charge in [-0.05, 0) is 31.2 Å². The lowest BCUT2D eigenvalue weighted by Gasteiger charge is -2.09. The van der Waals surface area contributed by atoms with Crippen LogP contribution in [0.4, 0.5) is 11.4 Å². The molecule has 0 heterocycles. The van der Waals surface area contributed by atoms with E-state index >= 15 is 0 Å². The molecule has 0 aliphatic rings. The molecular weight excluding hydrogens is 292 g/mol. The van der Waals surface area contributed by atoms with Gasteiger partial charge in [0.15, 0.2) is 0 Å². The first-order valence-corrected chi connectivity index (χ1v) is 7.26. The van der Waals surface area contributed by atoms with Gasteiger partial charge in [-0.15, -0.1) is 0 Å². The van der Waals surface area contributed by atoms with E-state index in [1.54, 1.807) is 31.2 Å². The second-order valence-corrected chi connectivity index (χ2v) is 4.61. The number of ether oxygens (including phenoxy) is 1. The van der Waals surface area contributed by atoms with Crippen molar-refractivity contribution in [3.05, 3.63) is 72.4 Å². The van der Waals surface area contributed by atoms with Gasteiger partial charge < -0.3 is 15.4 Å². The molecule has 118 valence electrons. The predicted molar refractivity (Wildman–Crippen MR) is 89.9 cm³/mol. The summed E-state index contributed by atoms with van der Waals surface area (Å²) < 4.78 is 4.94. The Bertz CT molecular complexity index is 682. The van der Waals surface area contributed by atoms with Gasteiger partial charge in [-0.1, -0.05) is 36.4 Å². The van der Waals surface area contributed by atoms with Crippen LogP contribution in [0, 0.1) is 0 Å². The van der Waals surface area contributed by atoms with Crippen molar-refractivity contribution < 1.29 is 14.3 Å². The third-order valence-corrected chi connectivity index (χ3v) is 2.93. The quantitative estimate of drug-likeness (QED) is 0.372. The Balaban J connectivity index is 2.16. The van der Waals surface area contributed by atoms with Crippen LogP contribution in [-0.4, -0.2) is 18.5 Å². The third kappa shape index (κ3) is 5.00. The number of hydrogen-bond donors (Lipinski definition) is 2. The number of nitrogens with one attached hydrogen (secondary N) is 2. The molecule has 5 nitrogen and oxygen atoms in total. The Morgan fingerprint density at radius 2 is 1.52 bits per heavy atom. The van der Waals surface area contributed by atoms with E-state index in [4.69, 9.17) is 4.74 Å². The van der Waals surface area contributed by atoms with Gasteiger partial charge in [0.1, 0.15) is 5.57 Å². The standard InChI is InChI=1S/C18H18N2O3/c1-2-23-18(22)16(13-19-14-9-5-3-6-10-14)17(21)20-15-11-7-4-8-12-15/h3-13,19H,2H2,1H3,(H,20,21)/b16-13-. The number of benzene rings is 2. The number of hydrogen-bond acceptors (Lipinski definition) is 4. The van der Waals surface area contributed by atoms with E-state index in [-0.39, 0.29) is 12.2 Å². The largest absolute Gasteiger partial charge is 0.462 e. The summed E-state index contributed by atoms with van der Waals surface area (Å²) in [6, 6.07) is 18.2. The highest BCUT2D eigenvalue weighted by molar-refractivity contribution is 6.21. The Morgan fingerprint density at radius 1 is 0.957 bits per heavy atom. The van der Waals surface area contributed by atoms with Gasteiger partial charge in [0, 0.05) is 17.6 Å². The number of anilines is 2. The number of esters is 1.